The second-order valence-corrected chi connectivity index (χ2v) is 9.29. The van der Waals surface area contributed by atoms with Crippen LogP contribution in [0.4, 0.5) is 5.69 Å². The van der Waals surface area contributed by atoms with Crippen molar-refractivity contribution in [2.45, 2.75) is 25.9 Å². The highest BCUT2D eigenvalue weighted by Crippen LogP contribution is 2.44. The maximum atomic E-state index is 12.2. The molecule has 2 atom stereocenters. The minimum Gasteiger partial charge on any atom is -0.497 e. The fraction of sp³-hybridized carbons (Fsp3) is 0.207. The molecule has 0 aliphatic carbocycles. The van der Waals surface area contributed by atoms with Crippen LogP contribution in [-0.4, -0.2) is 34.9 Å². The van der Waals surface area contributed by atoms with E-state index in [-0.39, 0.29) is 18.1 Å². The molecule has 2 aromatic heterocycles. The van der Waals surface area contributed by atoms with E-state index in [0.717, 1.165) is 39.8 Å². The third-order valence-corrected chi connectivity index (χ3v) is 7.08. The number of thiocarbonyl (C=S) groups is 1. The van der Waals surface area contributed by atoms with Crippen LogP contribution in [0.1, 0.15) is 45.1 Å². The highest BCUT2D eigenvalue weighted by molar-refractivity contribution is 7.80. The van der Waals surface area contributed by atoms with Crippen LogP contribution >= 0.6 is 12.2 Å². The number of esters is 1. The van der Waals surface area contributed by atoms with Crippen molar-refractivity contribution in [1.82, 2.24) is 14.9 Å². The standard InChI is InChI=1S/C29H28N4O3S/c1-18-16-24(19(2)32(18)22-9-7-8-20(17-22)28(34)36-4)27-26(25-10-5-6-15-30-25)31-29(37)33(27)21-11-13-23(35-3)14-12-21/h5-17,26-27H,1-4H3,(H,31,37)/t26-,27+/m1/s1. The van der Waals surface area contributed by atoms with Gasteiger partial charge in [-0.05, 0) is 92.3 Å². The van der Waals surface area contributed by atoms with Gasteiger partial charge in [-0.25, -0.2) is 4.79 Å². The summed E-state index contributed by atoms with van der Waals surface area (Å²) in [6.07, 6.45) is 1.80. The Morgan fingerprint density at radius 2 is 1.76 bits per heavy atom. The molecular formula is C29H28N4O3S. The Bertz CT molecular complexity index is 1450. The molecule has 4 aromatic rings. The summed E-state index contributed by atoms with van der Waals surface area (Å²) in [4.78, 5) is 19.0. The van der Waals surface area contributed by atoms with Crippen molar-refractivity contribution in [3.05, 3.63) is 107 Å². The van der Waals surface area contributed by atoms with Crippen LogP contribution in [0, 0.1) is 13.8 Å². The number of hydrogen-bond donors (Lipinski definition) is 1. The van der Waals surface area contributed by atoms with E-state index in [2.05, 4.69) is 39.7 Å². The van der Waals surface area contributed by atoms with Crippen molar-refractivity contribution >= 4 is 29.0 Å². The molecule has 8 heteroatoms. The molecule has 0 radical (unpaired) electrons. The summed E-state index contributed by atoms with van der Waals surface area (Å²) in [6.45, 7) is 4.16. The fourth-order valence-corrected chi connectivity index (χ4v) is 5.41. The molecule has 3 heterocycles. The number of benzene rings is 2. The summed E-state index contributed by atoms with van der Waals surface area (Å²) in [5, 5.41) is 4.14. The minimum atomic E-state index is -0.365. The number of rotatable bonds is 6. The number of aromatic nitrogens is 2. The van der Waals surface area contributed by atoms with Crippen LogP contribution in [0.25, 0.3) is 5.69 Å². The molecule has 0 saturated carbocycles. The summed E-state index contributed by atoms with van der Waals surface area (Å²) in [5.41, 5.74) is 6.46. The van der Waals surface area contributed by atoms with Crippen molar-refractivity contribution in [1.29, 1.82) is 0 Å². The number of methoxy groups -OCH3 is 2. The average molecular weight is 513 g/mol. The number of ether oxygens (including phenoxy) is 2. The van der Waals surface area contributed by atoms with Crippen LogP contribution in [0.15, 0.2) is 79.0 Å². The summed E-state index contributed by atoms with van der Waals surface area (Å²) in [6, 6.07) is 23.2. The number of nitrogens with one attached hydrogen (secondary N) is 1. The zero-order valence-electron chi connectivity index (χ0n) is 21.1. The van der Waals surface area contributed by atoms with E-state index in [4.69, 9.17) is 21.7 Å². The largest absolute Gasteiger partial charge is 0.497 e. The van der Waals surface area contributed by atoms with Gasteiger partial charge in [0.2, 0.25) is 0 Å². The van der Waals surface area contributed by atoms with E-state index in [9.17, 15) is 4.79 Å². The Kier molecular flexibility index (Phi) is 6.67. The minimum absolute atomic E-state index is 0.153. The van der Waals surface area contributed by atoms with Gasteiger partial charge >= 0.3 is 5.97 Å². The molecule has 1 N–H and O–H groups in total. The highest BCUT2D eigenvalue weighted by atomic mass is 32.1. The predicted molar refractivity (Wildman–Crippen MR) is 148 cm³/mol. The van der Waals surface area contributed by atoms with Crippen molar-refractivity contribution in [3.8, 4) is 11.4 Å². The molecule has 0 spiro atoms. The first-order valence-electron chi connectivity index (χ1n) is 11.9. The van der Waals surface area contributed by atoms with E-state index in [1.807, 2.05) is 60.7 Å². The van der Waals surface area contributed by atoms with E-state index in [0.29, 0.717) is 10.7 Å². The van der Waals surface area contributed by atoms with Gasteiger partial charge in [0.25, 0.3) is 0 Å². The van der Waals surface area contributed by atoms with Crippen molar-refractivity contribution in [2.75, 3.05) is 19.1 Å². The lowest BCUT2D eigenvalue weighted by Crippen LogP contribution is -2.29. The van der Waals surface area contributed by atoms with Gasteiger partial charge < -0.3 is 24.3 Å². The third-order valence-electron chi connectivity index (χ3n) is 6.76. The number of hydrogen-bond acceptors (Lipinski definition) is 5. The van der Waals surface area contributed by atoms with Crippen LogP contribution in [0.2, 0.25) is 0 Å². The number of carbonyl (C=O) groups is 1. The van der Waals surface area contributed by atoms with Crippen LogP contribution in [0.3, 0.4) is 0 Å². The van der Waals surface area contributed by atoms with E-state index >= 15 is 0 Å². The molecule has 1 aliphatic heterocycles. The van der Waals surface area contributed by atoms with Crippen LogP contribution < -0.4 is 15.0 Å². The molecular weight excluding hydrogens is 484 g/mol. The first-order valence-corrected chi connectivity index (χ1v) is 12.4. The van der Waals surface area contributed by atoms with Gasteiger partial charge in [-0.1, -0.05) is 12.1 Å². The Hall–Kier alpha value is -4.17. The summed E-state index contributed by atoms with van der Waals surface area (Å²) in [7, 11) is 3.04. The van der Waals surface area contributed by atoms with E-state index in [1.165, 1.54) is 7.11 Å². The zero-order chi connectivity index (χ0) is 26.1. The van der Waals surface area contributed by atoms with E-state index < -0.39 is 0 Å². The first kappa shape index (κ1) is 24.5. The Morgan fingerprint density at radius 1 is 0.973 bits per heavy atom. The van der Waals surface area contributed by atoms with Crippen LogP contribution in [0.5, 0.6) is 5.75 Å². The van der Waals surface area contributed by atoms with Crippen LogP contribution in [-0.2, 0) is 4.74 Å². The van der Waals surface area contributed by atoms with Crippen molar-refractivity contribution in [2.24, 2.45) is 0 Å². The van der Waals surface area contributed by atoms with Gasteiger partial charge in [-0.3, -0.25) is 4.98 Å². The second-order valence-electron chi connectivity index (χ2n) is 8.90. The van der Waals surface area contributed by atoms with E-state index in [1.54, 1.807) is 19.4 Å². The lowest BCUT2D eigenvalue weighted by atomic mass is 9.96. The molecule has 1 fully saturated rings. The zero-order valence-corrected chi connectivity index (χ0v) is 22.0. The fourth-order valence-electron chi connectivity index (χ4n) is 5.07. The monoisotopic (exact) mass is 512 g/mol. The Morgan fingerprint density at radius 3 is 2.43 bits per heavy atom. The molecule has 37 heavy (non-hydrogen) atoms. The van der Waals surface area contributed by atoms with Gasteiger partial charge in [0, 0.05) is 29.0 Å². The molecule has 0 bridgehead atoms. The molecule has 5 rings (SSSR count). The molecule has 188 valence electrons. The maximum absolute atomic E-state index is 12.2. The quantitative estimate of drug-likeness (QED) is 0.272. The van der Waals surface area contributed by atoms with Gasteiger partial charge in [-0.2, -0.15) is 0 Å². The van der Waals surface area contributed by atoms with Gasteiger partial charge in [0.15, 0.2) is 5.11 Å². The third kappa shape index (κ3) is 4.44. The van der Waals surface area contributed by atoms with Crippen molar-refractivity contribution in [3.63, 3.8) is 0 Å². The molecule has 0 amide bonds. The lowest BCUT2D eigenvalue weighted by Gasteiger charge is -2.28. The number of pyridine rings is 1. The summed E-state index contributed by atoms with van der Waals surface area (Å²) < 4.78 is 12.5. The molecule has 2 aromatic carbocycles. The number of aryl methyl sites for hydroxylation is 1. The van der Waals surface area contributed by atoms with Gasteiger partial charge in [0.05, 0.1) is 37.6 Å². The number of nitrogens with zero attached hydrogens (tertiary/aromatic N) is 3. The average Bonchev–Trinajstić information content (AvgIpc) is 3.43. The molecule has 7 nitrogen and oxygen atoms in total. The SMILES string of the molecule is COC(=O)c1cccc(-n2c(C)cc([C@H]3[C@@H](c4ccccn4)NC(=S)N3c3ccc(OC)cc3)c2C)c1. The Labute approximate surface area is 221 Å². The van der Waals surface area contributed by atoms with Crippen molar-refractivity contribution < 1.29 is 14.3 Å². The normalized spacial score (nSPS) is 17.0. The highest BCUT2D eigenvalue weighted by Gasteiger charge is 2.42. The summed E-state index contributed by atoms with van der Waals surface area (Å²) in [5.74, 6) is 0.416. The summed E-state index contributed by atoms with van der Waals surface area (Å²) >= 11 is 5.87. The number of carbonyl (C=O) groups excluding carboxylic acids is 1. The number of anilines is 1. The second kappa shape index (κ2) is 10.1. The van der Waals surface area contributed by atoms with Gasteiger partial charge in [0.1, 0.15) is 5.75 Å². The lowest BCUT2D eigenvalue weighted by molar-refractivity contribution is 0.0600. The topological polar surface area (TPSA) is 68.6 Å². The molecule has 1 aliphatic rings. The predicted octanol–water partition coefficient (Wildman–Crippen LogP) is 5.46. The maximum Gasteiger partial charge on any atom is 0.337 e. The molecule has 1 saturated heterocycles. The van der Waals surface area contributed by atoms with Gasteiger partial charge in [-0.15, -0.1) is 0 Å². The smallest absolute Gasteiger partial charge is 0.337 e. The molecule has 0 unspecified atom stereocenters. The Balaban J connectivity index is 1.65. The first-order chi connectivity index (χ1) is 17.9.